The van der Waals surface area contributed by atoms with Gasteiger partial charge in [0.05, 0.1) is 11.5 Å². The van der Waals surface area contributed by atoms with Crippen LogP contribution in [0, 0.1) is 16.7 Å². The van der Waals surface area contributed by atoms with E-state index < -0.39 is 0 Å². The van der Waals surface area contributed by atoms with Crippen LogP contribution >= 0.6 is 11.8 Å². The van der Waals surface area contributed by atoms with Crippen molar-refractivity contribution in [3.05, 3.63) is 0 Å². The third-order valence-electron chi connectivity index (χ3n) is 2.27. The van der Waals surface area contributed by atoms with Gasteiger partial charge in [-0.15, -0.1) is 0 Å². The molecule has 0 amide bonds. The van der Waals surface area contributed by atoms with Crippen LogP contribution in [0.3, 0.4) is 0 Å². The third-order valence-corrected chi connectivity index (χ3v) is 3.73. The van der Waals surface area contributed by atoms with E-state index in [2.05, 4.69) is 13.0 Å². The first-order chi connectivity index (χ1) is 5.33. The quantitative estimate of drug-likeness (QED) is 0.604. The second kappa shape index (κ2) is 4.01. The molecule has 0 spiro atoms. The van der Waals surface area contributed by atoms with E-state index in [1.54, 1.807) is 0 Å². The molecule has 0 atom stereocenters. The Bertz CT molecular complexity index is 155. The minimum Gasteiger partial charge on any atom is -0.198 e. The van der Waals surface area contributed by atoms with Crippen LogP contribution in [0.1, 0.15) is 32.6 Å². The molecule has 0 heterocycles. The Kier molecular flexibility index (Phi) is 3.26. The van der Waals surface area contributed by atoms with E-state index in [9.17, 15) is 0 Å². The van der Waals surface area contributed by atoms with Gasteiger partial charge in [0.25, 0.3) is 0 Å². The molecule has 0 aliphatic heterocycles. The van der Waals surface area contributed by atoms with Crippen LogP contribution in [-0.2, 0) is 0 Å². The summed E-state index contributed by atoms with van der Waals surface area (Å²) in [6.45, 7) is 2.19. The zero-order valence-corrected chi connectivity index (χ0v) is 7.91. The highest BCUT2D eigenvalue weighted by Gasteiger charge is 2.36. The smallest absolute Gasteiger partial charge is 0.0698 e. The van der Waals surface area contributed by atoms with Gasteiger partial charge in [-0.05, 0) is 25.0 Å². The summed E-state index contributed by atoms with van der Waals surface area (Å²) in [4.78, 5) is 0. The van der Waals surface area contributed by atoms with Crippen molar-refractivity contribution in [1.29, 1.82) is 5.26 Å². The summed E-state index contributed by atoms with van der Waals surface area (Å²) in [5.41, 5.74) is 0.0832. The Morgan fingerprint density at radius 1 is 1.55 bits per heavy atom. The molecular formula is C9H15NS. The molecule has 62 valence electrons. The molecule has 1 aliphatic carbocycles. The van der Waals surface area contributed by atoms with Gasteiger partial charge in [0, 0.05) is 5.75 Å². The molecule has 0 aromatic rings. The summed E-state index contributed by atoms with van der Waals surface area (Å²) in [7, 11) is 0. The summed E-state index contributed by atoms with van der Waals surface area (Å²) in [6.07, 6.45) is 4.77. The Balaban J connectivity index is 2.18. The predicted octanol–water partition coefficient (Wildman–Crippen LogP) is 2.82. The Morgan fingerprint density at radius 3 is 2.64 bits per heavy atom. The number of nitrogens with zero attached hydrogens (tertiary/aromatic N) is 1. The van der Waals surface area contributed by atoms with Gasteiger partial charge >= 0.3 is 0 Å². The van der Waals surface area contributed by atoms with Crippen molar-refractivity contribution < 1.29 is 0 Å². The van der Waals surface area contributed by atoms with Gasteiger partial charge in [-0.1, -0.05) is 13.3 Å². The van der Waals surface area contributed by atoms with Crippen molar-refractivity contribution in [2.24, 2.45) is 5.41 Å². The number of hydrogen-bond donors (Lipinski definition) is 0. The largest absolute Gasteiger partial charge is 0.198 e. The fourth-order valence-electron chi connectivity index (χ4n) is 1.30. The van der Waals surface area contributed by atoms with Crippen LogP contribution in [0.15, 0.2) is 0 Å². The first-order valence-corrected chi connectivity index (χ1v) is 5.47. The highest BCUT2D eigenvalue weighted by Crippen LogP contribution is 2.42. The summed E-state index contributed by atoms with van der Waals surface area (Å²) in [6, 6.07) is 2.45. The van der Waals surface area contributed by atoms with E-state index in [0.717, 1.165) is 18.6 Å². The molecule has 2 heteroatoms. The molecular weight excluding hydrogens is 154 g/mol. The van der Waals surface area contributed by atoms with Crippen LogP contribution in [0.2, 0.25) is 0 Å². The molecule has 0 aromatic heterocycles. The maximum atomic E-state index is 8.87. The monoisotopic (exact) mass is 169 g/mol. The van der Waals surface area contributed by atoms with Crippen molar-refractivity contribution in [3.8, 4) is 6.07 Å². The van der Waals surface area contributed by atoms with E-state index >= 15 is 0 Å². The average molecular weight is 169 g/mol. The molecule has 11 heavy (non-hydrogen) atoms. The highest BCUT2D eigenvalue weighted by atomic mass is 32.2. The molecule has 0 radical (unpaired) electrons. The fourth-order valence-corrected chi connectivity index (χ4v) is 2.48. The molecule has 0 unspecified atom stereocenters. The van der Waals surface area contributed by atoms with E-state index in [4.69, 9.17) is 5.26 Å². The summed E-state index contributed by atoms with van der Waals surface area (Å²) >= 11 is 1.94. The van der Waals surface area contributed by atoms with Crippen LogP contribution < -0.4 is 0 Å². The minimum atomic E-state index is 0.0832. The first-order valence-electron chi connectivity index (χ1n) is 4.32. The SMILES string of the molecule is CCCSCC1(C#N)CCC1. The van der Waals surface area contributed by atoms with Crippen LogP contribution in [0.25, 0.3) is 0 Å². The molecule has 0 bridgehead atoms. The number of hydrogen-bond acceptors (Lipinski definition) is 2. The molecule has 1 aliphatic rings. The van der Waals surface area contributed by atoms with Crippen molar-refractivity contribution >= 4 is 11.8 Å². The molecule has 1 saturated carbocycles. The predicted molar refractivity (Wildman–Crippen MR) is 49.5 cm³/mol. The molecule has 0 saturated heterocycles. The highest BCUT2D eigenvalue weighted by molar-refractivity contribution is 7.99. The third kappa shape index (κ3) is 2.13. The summed E-state index contributed by atoms with van der Waals surface area (Å²) in [5.74, 6) is 2.28. The lowest BCUT2D eigenvalue weighted by Gasteiger charge is -2.34. The number of thioether (sulfide) groups is 1. The van der Waals surface area contributed by atoms with Gasteiger partial charge in [0.2, 0.25) is 0 Å². The van der Waals surface area contributed by atoms with E-state index in [1.807, 2.05) is 11.8 Å². The lowest BCUT2D eigenvalue weighted by atomic mass is 9.72. The summed E-state index contributed by atoms with van der Waals surface area (Å²) < 4.78 is 0. The van der Waals surface area contributed by atoms with Crippen molar-refractivity contribution in [1.82, 2.24) is 0 Å². The molecule has 1 rings (SSSR count). The lowest BCUT2D eigenvalue weighted by Crippen LogP contribution is -2.30. The summed E-state index contributed by atoms with van der Waals surface area (Å²) in [5, 5.41) is 8.87. The second-order valence-electron chi connectivity index (χ2n) is 3.30. The maximum Gasteiger partial charge on any atom is 0.0698 e. The van der Waals surface area contributed by atoms with E-state index in [1.165, 1.54) is 18.6 Å². The van der Waals surface area contributed by atoms with Gasteiger partial charge in [0.1, 0.15) is 0 Å². The lowest BCUT2D eigenvalue weighted by molar-refractivity contribution is 0.252. The average Bonchev–Trinajstić information content (AvgIpc) is 1.95. The van der Waals surface area contributed by atoms with Crippen LogP contribution in [0.5, 0.6) is 0 Å². The van der Waals surface area contributed by atoms with Gasteiger partial charge in [0.15, 0.2) is 0 Å². The van der Waals surface area contributed by atoms with Gasteiger partial charge < -0.3 is 0 Å². The van der Waals surface area contributed by atoms with Crippen molar-refractivity contribution in [2.75, 3.05) is 11.5 Å². The van der Waals surface area contributed by atoms with Crippen LogP contribution in [-0.4, -0.2) is 11.5 Å². The minimum absolute atomic E-state index is 0.0832. The van der Waals surface area contributed by atoms with Gasteiger partial charge in [-0.2, -0.15) is 17.0 Å². The number of rotatable bonds is 4. The van der Waals surface area contributed by atoms with Gasteiger partial charge in [-0.3, -0.25) is 0 Å². The fraction of sp³-hybridized carbons (Fsp3) is 0.889. The molecule has 1 fully saturated rings. The van der Waals surface area contributed by atoms with Crippen molar-refractivity contribution in [3.63, 3.8) is 0 Å². The van der Waals surface area contributed by atoms with Crippen LogP contribution in [0.4, 0.5) is 0 Å². The standard InChI is InChI=1S/C9H15NS/c1-2-6-11-8-9(7-10)4-3-5-9/h2-6,8H2,1H3. The number of nitriles is 1. The van der Waals surface area contributed by atoms with E-state index in [0.29, 0.717) is 0 Å². The molecule has 1 nitrogen and oxygen atoms in total. The van der Waals surface area contributed by atoms with Gasteiger partial charge in [-0.25, -0.2) is 0 Å². The zero-order chi connectivity index (χ0) is 8.16. The van der Waals surface area contributed by atoms with E-state index in [-0.39, 0.29) is 5.41 Å². The molecule has 0 N–H and O–H groups in total. The normalized spacial score (nSPS) is 20.4. The molecule has 0 aromatic carbocycles. The topological polar surface area (TPSA) is 23.8 Å². The van der Waals surface area contributed by atoms with Crippen molar-refractivity contribution in [2.45, 2.75) is 32.6 Å². The zero-order valence-electron chi connectivity index (χ0n) is 7.10. The maximum absolute atomic E-state index is 8.87. The Morgan fingerprint density at radius 2 is 2.27 bits per heavy atom. The second-order valence-corrected chi connectivity index (χ2v) is 4.40. The Hall–Kier alpha value is -0.160. The Labute approximate surface area is 73.2 Å². The first kappa shape index (κ1) is 8.93.